The van der Waals surface area contributed by atoms with E-state index in [1.807, 2.05) is 27.7 Å². The zero-order chi connectivity index (χ0) is 20.0. The molecule has 2 atom stereocenters. The minimum absolute atomic E-state index is 0.00166. The summed E-state index contributed by atoms with van der Waals surface area (Å²) in [4.78, 5) is 14.7. The van der Waals surface area contributed by atoms with Gasteiger partial charge in [-0.25, -0.2) is 0 Å². The Hall–Kier alpha value is -2.36. The number of hydrogen-bond acceptors (Lipinski definition) is 8. The van der Waals surface area contributed by atoms with E-state index in [0.717, 1.165) is 0 Å². The van der Waals surface area contributed by atoms with Gasteiger partial charge in [-0.3, -0.25) is 10.1 Å². The number of nitro groups is 1. The van der Waals surface area contributed by atoms with Crippen molar-refractivity contribution in [2.45, 2.75) is 45.9 Å². The van der Waals surface area contributed by atoms with E-state index in [1.54, 1.807) is 12.1 Å². The molecular weight excluding hydrogens is 352 g/mol. The van der Waals surface area contributed by atoms with Crippen molar-refractivity contribution in [2.24, 2.45) is 5.92 Å². The highest BCUT2D eigenvalue weighted by Crippen LogP contribution is 2.24. The summed E-state index contributed by atoms with van der Waals surface area (Å²) in [6.45, 7) is 8.40. The van der Waals surface area contributed by atoms with Crippen molar-refractivity contribution in [3.63, 3.8) is 0 Å². The molecule has 148 valence electrons. The standard InChI is InChI=1S/C18H26N4O5/c1-11(2)16(19-9-15(23)10-26-12(3)4)18-20-17(21-27-18)13-5-7-14(8-6-13)22(24)25/h5-8,11-12,15-16,19,23H,9-10H2,1-4H3/t15-,16+/m0/s1. The first-order valence-corrected chi connectivity index (χ1v) is 8.89. The molecule has 27 heavy (non-hydrogen) atoms. The molecule has 0 unspecified atom stereocenters. The van der Waals surface area contributed by atoms with E-state index in [2.05, 4.69) is 15.5 Å². The molecule has 0 aliphatic carbocycles. The third kappa shape index (κ3) is 6.09. The van der Waals surface area contributed by atoms with E-state index in [0.29, 0.717) is 23.8 Å². The van der Waals surface area contributed by atoms with Crippen molar-refractivity contribution in [3.05, 3.63) is 40.3 Å². The van der Waals surface area contributed by atoms with Crippen LogP contribution in [0.1, 0.15) is 39.6 Å². The van der Waals surface area contributed by atoms with Gasteiger partial charge in [-0.1, -0.05) is 19.0 Å². The minimum atomic E-state index is -0.647. The molecule has 0 aliphatic heterocycles. The van der Waals surface area contributed by atoms with Crippen LogP contribution in [0.25, 0.3) is 11.4 Å². The Morgan fingerprint density at radius 3 is 2.48 bits per heavy atom. The monoisotopic (exact) mass is 378 g/mol. The van der Waals surface area contributed by atoms with Gasteiger partial charge in [0.05, 0.1) is 29.8 Å². The van der Waals surface area contributed by atoms with Crippen LogP contribution in [0.2, 0.25) is 0 Å². The summed E-state index contributed by atoms with van der Waals surface area (Å²) in [5, 5.41) is 28.0. The largest absolute Gasteiger partial charge is 0.389 e. The maximum Gasteiger partial charge on any atom is 0.269 e. The number of nitro benzene ring substituents is 1. The molecule has 2 rings (SSSR count). The van der Waals surface area contributed by atoms with E-state index in [4.69, 9.17) is 9.26 Å². The Labute approximate surface area is 157 Å². The van der Waals surface area contributed by atoms with Crippen LogP contribution in [0.3, 0.4) is 0 Å². The summed E-state index contributed by atoms with van der Waals surface area (Å²) in [6, 6.07) is 5.72. The molecule has 0 saturated heterocycles. The highest BCUT2D eigenvalue weighted by molar-refractivity contribution is 5.56. The average molecular weight is 378 g/mol. The summed E-state index contributed by atoms with van der Waals surface area (Å²) < 4.78 is 10.8. The van der Waals surface area contributed by atoms with Crippen LogP contribution in [0, 0.1) is 16.0 Å². The average Bonchev–Trinajstić information content (AvgIpc) is 3.09. The van der Waals surface area contributed by atoms with E-state index in [-0.39, 0.29) is 30.4 Å². The topological polar surface area (TPSA) is 124 Å². The maximum atomic E-state index is 10.7. The van der Waals surface area contributed by atoms with E-state index < -0.39 is 11.0 Å². The molecule has 0 amide bonds. The number of hydrogen-bond donors (Lipinski definition) is 2. The third-order valence-corrected chi connectivity index (χ3v) is 3.91. The summed E-state index contributed by atoms with van der Waals surface area (Å²) in [7, 11) is 0. The number of nitrogens with zero attached hydrogens (tertiary/aromatic N) is 3. The fourth-order valence-corrected chi connectivity index (χ4v) is 2.44. The predicted octanol–water partition coefficient (Wildman–Crippen LogP) is 2.72. The summed E-state index contributed by atoms with van der Waals surface area (Å²) in [5.74, 6) is 0.903. The molecule has 0 radical (unpaired) electrons. The maximum absolute atomic E-state index is 10.7. The van der Waals surface area contributed by atoms with E-state index >= 15 is 0 Å². The molecule has 1 aromatic carbocycles. The lowest BCUT2D eigenvalue weighted by atomic mass is 10.0. The number of ether oxygens (including phenoxy) is 1. The number of aliphatic hydroxyl groups excluding tert-OH is 1. The van der Waals surface area contributed by atoms with Gasteiger partial charge in [0.25, 0.3) is 5.69 Å². The fraction of sp³-hybridized carbons (Fsp3) is 0.556. The molecule has 0 saturated carbocycles. The smallest absolute Gasteiger partial charge is 0.269 e. The van der Waals surface area contributed by atoms with Crippen LogP contribution in [-0.4, -0.2) is 45.5 Å². The third-order valence-electron chi connectivity index (χ3n) is 3.91. The first kappa shape index (κ1) is 20.9. The molecule has 0 aliphatic rings. The van der Waals surface area contributed by atoms with Gasteiger partial charge >= 0.3 is 0 Å². The summed E-state index contributed by atoms with van der Waals surface area (Å²) >= 11 is 0. The molecule has 0 spiro atoms. The molecule has 1 heterocycles. The first-order chi connectivity index (χ1) is 12.8. The van der Waals surface area contributed by atoms with Gasteiger partial charge in [0, 0.05) is 24.2 Å². The number of aliphatic hydroxyl groups is 1. The number of aromatic nitrogens is 2. The second-order valence-electron chi connectivity index (χ2n) is 6.93. The van der Waals surface area contributed by atoms with Gasteiger partial charge in [0.15, 0.2) is 0 Å². The van der Waals surface area contributed by atoms with Gasteiger partial charge in [0.1, 0.15) is 0 Å². The molecule has 2 N–H and O–H groups in total. The van der Waals surface area contributed by atoms with Gasteiger partial charge < -0.3 is 19.7 Å². The normalized spacial score (nSPS) is 13.9. The van der Waals surface area contributed by atoms with Crippen LogP contribution in [-0.2, 0) is 4.74 Å². The molecule has 0 bridgehead atoms. The summed E-state index contributed by atoms with van der Waals surface area (Å²) in [5.41, 5.74) is 0.630. The molecule has 9 nitrogen and oxygen atoms in total. The fourth-order valence-electron chi connectivity index (χ4n) is 2.44. The van der Waals surface area contributed by atoms with Crippen molar-refractivity contribution < 1.29 is 19.3 Å². The van der Waals surface area contributed by atoms with E-state index in [9.17, 15) is 15.2 Å². The molecule has 2 aromatic rings. The van der Waals surface area contributed by atoms with Crippen molar-refractivity contribution in [1.29, 1.82) is 0 Å². The Morgan fingerprint density at radius 2 is 1.93 bits per heavy atom. The molecular formula is C18H26N4O5. The van der Waals surface area contributed by atoms with Crippen molar-refractivity contribution in [1.82, 2.24) is 15.5 Å². The SMILES string of the molecule is CC(C)OC[C@@H](O)CN[C@@H](c1nc(-c2ccc([N+](=O)[O-])cc2)no1)C(C)C. The summed E-state index contributed by atoms with van der Waals surface area (Å²) in [6.07, 6.45) is -0.591. The Balaban J connectivity index is 2.05. The number of rotatable bonds is 10. The van der Waals surface area contributed by atoms with Crippen LogP contribution >= 0.6 is 0 Å². The second-order valence-corrected chi connectivity index (χ2v) is 6.93. The van der Waals surface area contributed by atoms with Gasteiger partial charge in [-0.05, 0) is 31.9 Å². The van der Waals surface area contributed by atoms with Gasteiger partial charge in [0.2, 0.25) is 11.7 Å². The number of non-ortho nitro benzene ring substituents is 1. The number of benzene rings is 1. The van der Waals surface area contributed by atoms with E-state index in [1.165, 1.54) is 12.1 Å². The zero-order valence-electron chi connectivity index (χ0n) is 16.0. The zero-order valence-corrected chi connectivity index (χ0v) is 16.0. The Bertz CT molecular complexity index is 730. The highest BCUT2D eigenvalue weighted by atomic mass is 16.6. The lowest BCUT2D eigenvalue weighted by molar-refractivity contribution is -0.384. The van der Waals surface area contributed by atoms with Crippen molar-refractivity contribution in [3.8, 4) is 11.4 Å². The lowest BCUT2D eigenvalue weighted by Gasteiger charge is -2.21. The van der Waals surface area contributed by atoms with Crippen molar-refractivity contribution in [2.75, 3.05) is 13.2 Å². The van der Waals surface area contributed by atoms with Gasteiger partial charge in [-0.15, -0.1) is 0 Å². The lowest BCUT2D eigenvalue weighted by Crippen LogP contribution is -2.35. The van der Waals surface area contributed by atoms with Crippen LogP contribution < -0.4 is 5.32 Å². The van der Waals surface area contributed by atoms with Crippen LogP contribution in [0.15, 0.2) is 28.8 Å². The van der Waals surface area contributed by atoms with Crippen molar-refractivity contribution >= 4 is 5.69 Å². The predicted molar refractivity (Wildman–Crippen MR) is 99.1 cm³/mol. The molecule has 1 aromatic heterocycles. The first-order valence-electron chi connectivity index (χ1n) is 8.89. The van der Waals surface area contributed by atoms with Gasteiger partial charge in [-0.2, -0.15) is 4.98 Å². The Kier molecular flexibility index (Phi) is 7.40. The van der Waals surface area contributed by atoms with Crippen LogP contribution in [0.5, 0.6) is 0 Å². The quantitative estimate of drug-likeness (QED) is 0.478. The second kappa shape index (κ2) is 9.54. The molecule has 9 heteroatoms. The van der Waals surface area contributed by atoms with Crippen LogP contribution in [0.4, 0.5) is 5.69 Å². The Morgan fingerprint density at radius 1 is 1.26 bits per heavy atom. The minimum Gasteiger partial charge on any atom is -0.389 e. The highest BCUT2D eigenvalue weighted by Gasteiger charge is 2.23. The number of nitrogens with one attached hydrogen (secondary N) is 1. The molecule has 0 fully saturated rings.